The average Bonchev–Trinajstić information content (AvgIpc) is 3.61. The molecule has 1 aromatic heterocycles. The fourth-order valence-corrected chi connectivity index (χ4v) is 3.37. The summed E-state index contributed by atoms with van der Waals surface area (Å²) in [6.07, 6.45) is 5.89. The van der Waals surface area contributed by atoms with Crippen LogP contribution in [0.5, 0.6) is 5.75 Å². The number of carbonyl (C=O) groups is 1. The molecule has 4 rings (SSSR count). The van der Waals surface area contributed by atoms with Crippen LogP contribution in [0, 0.1) is 0 Å². The minimum absolute atomic E-state index is 0.119. The van der Waals surface area contributed by atoms with Crippen LogP contribution >= 0.6 is 0 Å². The zero-order valence-electron chi connectivity index (χ0n) is 15.9. The third-order valence-electron chi connectivity index (χ3n) is 5.29. The second-order valence-electron chi connectivity index (χ2n) is 7.55. The van der Waals surface area contributed by atoms with E-state index >= 15 is 0 Å². The highest BCUT2D eigenvalue weighted by Crippen LogP contribution is 2.44. The topological polar surface area (TPSA) is 68.2 Å². The number of hydrogen-bond acceptors (Lipinski definition) is 3. The maximum Gasteiger partial charge on any atom is 0.314 e. The molecule has 2 aliphatic rings. The molecule has 0 radical (unpaired) electrons. The summed E-state index contributed by atoms with van der Waals surface area (Å²) in [6.45, 7) is 1.95. The first-order valence-corrected chi connectivity index (χ1v) is 9.95. The van der Waals surface area contributed by atoms with E-state index in [-0.39, 0.29) is 6.03 Å². The number of hydrogen-bond donors (Lipinski definition) is 2. The molecule has 0 atom stereocenters. The summed E-state index contributed by atoms with van der Waals surface area (Å²) in [4.78, 5) is 12.0. The molecule has 2 N–H and O–H groups in total. The van der Waals surface area contributed by atoms with Crippen molar-refractivity contribution in [1.29, 1.82) is 0 Å². The number of nitrogens with zero attached hydrogens (tertiary/aromatic N) is 2. The highest BCUT2D eigenvalue weighted by atomic mass is 16.5. The maximum atomic E-state index is 12.0. The van der Waals surface area contributed by atoms with Crippen LogP contribution in [0.2, 0.25) is 0 Å². The molecule has 2 aliphatic carbocycles. The predicted octanol–water partition coefficient (Wildman–Crippen LogP) is 3.19. The Morgan fingerprint density at radius 2 is 1.81 bits per heavy atom. The standard InChI is InChI=1S/C21H28N4O2/c1-27-18-8-2-15(3-9-18)10-11-22-21(26)23-12-13-25-20(17-6-7-17)14-19(24-25)16-4-5-16/h2-3,8-9,14,16-17H,4-7,10-13H2,1H3,(H2,22,23,26). The molecule has 27 heavy (non-hydrogen) atoms. The van der Waals surface area contributed by atoms with Gasteiger partial charge in [0.05, 0.1) is 19.3 Å². The van der Waals surface area contributed by atoms with E-state index in [2.05, 4.69) is 21.4 Å². The highest BCUT2D eigenvalue weighted by molar-refractivity contribution is 5.73. The van der Waals surface area contributed by atoms with Gasteiger partial charge in [0, 0.05) is 30.6 Å². The molecule has 6 nitrogen and oxygen atoms in total. The molecule has 2 saturated carbocycles. The quantitative estimate of drug-likeness (QED) is 0.714. The lowest BCUT2D eigenvalue weighted by Gasteiger charge is -2.10. The second kappa shape index (κ2) is 8.03. The first-order chi connectivity index (χ1) is 13.2. The van der Waals surface area contributed by atoms with Crippen LogP contribution in [0.4, 0.5) is 4.79 Å². The van der Waals surface area contributed by atoms with Gasteiger partial charge in [-0.2, -0.15) is 5.10 Å². The van der Waals surface area contributed by atoms with Crippen molar-refractivity contribution in [2.45, 2.75) is 50.5 Å². The molecule has 6 heteroatoms. The number of ether oxygens (including phenoxy) is 1. The van der Waals surface area contributed by atoms with E-state index in [9.17, 15) is 4.79 Å². The molecule has 2 aromatic rings. The minimum Gasteiger partial charge on any atom is -0.497 e. The van der Waals surface area contributed by atoms with E-state index < -0.39 is 0 Å². The van der Waals surface area contributed by atoms with Crippen molar-refractivity contribution in [3.63, 3.8) is 0 Å². The molecule has 2 amide bonds. The Labute approximate surface area is 160 Å². The Bertz CT molecular complexity index is 776. The van der Waals surface area contributed by atoms with Gasteiger partial charge in [0.2, 0.25) is 0 Å². The smallest absolute Gasteiger partial charge is 0.314 e. The van der Waals surface area contributed by atoms with Gasteiger partial charge in [0.25, 0.3) is 0 Å². The van der Waals surface area contributed by atoms with Crippen LogP contribution in [0.25, 0.3) is 0 Å². The first-order valence-electron chi connectivity index (χ1n) is 9.95. The van der Waals surface area contributed by atoms with Crippen molar-refractivity contribution >= 4 is 6.03 Å². The van der Waals surface area contributed by atoms with Crippen molar-refractivity contribution in [3.8, 4) is 5.75 Å². The van der Waals surface area contributed by atoms with Crippen LogP contribution in [-0.2, 0) is 13.0 Å². The summed E-state index contributed by atoms with van der Waals surface area (Å²) in [5.74, 6) is 2.21. The van der Waals surface area contributed by atoms with Gasteiger partial charge in [0.1, 0.15) is 5.75 Å². The van der Waals surface area contributed by atoms with Crippen LogP contribution in [0.1, 0.15) is 54.5 Å². The van der Waals surface area contributed by atoms with Crippen molar-refractivity contribution in [3.05, 3.63) is 47.3 Å². The van der Waals surface area contributed by atoms with Crippen LogP contribution in [0.3, 0.4) is 0 Å². The van der Waals surface area contributed by atoms with Gasteiger partial charge in [-0.25, -0.2) is 4.79 Å². The number of aromatic nitrogens is 2. The summed E-state index contributed by atoms with van der Waals surface area (Å²) >= 11 is 0. The molecule has 1 heterocycles. The molecule has 0 bridgehead atoms. The highest BCUT2D eigenvalue weighted by Gasteiger charge is 2.32. The Balaban J connectivity index is 1.18. The molecule has 144 valence electrons. The van der Waals surface area contributed by atoms with Gasteiger partial charge in [-0.3, -0.25) is 4.68 Å². The third kappa shape index (κ3) is 4.81. The molecule has 2 fully saturated rings. The SMILES string of the molecule is COc1ccc(CCNC(=O)NCCn2nc(C3CC3)cc2C2CC2)cc1. The van der Waals surface area contributed by atoms with Gasteiger partial charge >= 0.3 is 6.03 Å². The number of amides is 2. The van der Waals surface area contributed by atoms with Crippen LogP contribution in [-0.4, -0.2) is 36.0 Å². The summed E-state index contributed by atoms with van der Waals surface area (Å²) in [7, 11) is 1.66. The number of benzene rings is 1. The van der Waals surface area contributed by atoms with E-state index in [0.29, 0.717) is 24.9 Å². The van der Waals surface area contributed by atoms with E-state index in [1.807, 2.05) is 24.3 Å². The second-order valence-corrected chi connectivity index (χ2v) is 7.55. The summed E-state index contributed by atoms with van der Waals surface area (Å²) < 4.78 is 7.26. The molecule has 0 spiro atoms. The number of urea groups is 1. The molecule has 0 aliphatic heterocycles. The average molecular weight is 368 g/mol. The summed E-state index contributed by atoms with van der Waals surface area (Å²) in [5.41, 5.74) is 3.79. The molecule has 1 aromatic carbocycles. The Kier molecular flexibility index (Phi) is 5.32. The summed E-state index contributed by atoms with van der Waals surface area (Å²) in [5, 5.41) is 10.6. The number of carbonyl (C=O) groups excluding carboxylic acids is 1. The van der Waals surface area contributed by atoms with Crippen molar-refractivity contribution in [2.24, 2.45) is 0 Å². The van der Waals surface area contributed by atoms with Gasteiger partial charge in [-0.05, 0) is 55.9 Å². The first kappa shape index (κ1) is 17.9. The normalized spacial score (nSPS) is 16.2. The number of rotatable bonds is 9. The van der Waals surface area contributed by atoms with Crippen molar-refractivity contribution in [1.82, 2.24) is 20.4 Å². The fraction of sp³-hybridized carbons (Fsp3) is 0.524. The monoisotopic (exact) mass is 368 g/mol. The Morgan fingerprint density at radius 3 is 2.48 bits per heavy atom. The maximum absolute atomic E-state index is 12.0. The fourth-order valence-electron chi connectivity index (χ4n) is 3.37. The van der Waals surface area contributed by atoms with Gasteiger partial charge < -0.3 is 15.4 Å². The predicted molar refractivity (Wildman–Crippen MR) is 104 cm³/mol. The zero-order chi connectivity index (χ0) is 18.6. The Morgan fingerprint density at radius 1 is 1.11 bits per heavy atom. The molecular weight excluding hydrogens is 340 g/mol. The summed E-state index contributed by atoms with van der Waals surface area (Å²) in [6, 6.07) is 10.1. The van der Waals surface area contributed by atoms with Crippen LogP contribution < -0.4 is 15.4 Å². The molecular formula is C21H28N4O2. The third-order valence-corrected chi connectivity index (χ3v) is 5.29. The number of methoxy groups -OCH3 is 1. The van der Waals surface area contributed by atoms with E-state index in [0.717, 1.165) is 18.7 Å². The van der Waals surface area contributed by atoms with E-state index in [1.165, 1.54) is 42.6 Å². The van der Waals surface area contributed by atoms with Gasteiger partial charge in [-0.1, -0.05) is 12.1 Å². The largest absolute Gasteiger partial charge is 0.497 e. The molecule has 0 unspecified atom stereocenters. The zero-order valence-corrected chi connectivity index (χ0v) is 15.9. The van der Waals surface area contributed by atoms with Gasteiger partial charge in [-0.15, -0.1) is 0 Å². The van der Waals surface area contributed by atoms with Crippen LogP contribution in [0.15, 0.2) is 30.3 Å². The lowest BCUT2D eigenvalue weighted by atomic mass is 10.1. The number of nitrogens with one attached hydrogen (secondary N) is 2. The van der Waals surface area contributed by atoms with E-state index in [1.54, 1.807) is 7.11 Å². The molecule has 0 saturated heterocycles. The van der Waals surface area contributed by atoms with Crippen molar-refractivity contribution in [2.75, 3.05) is 20.2 Å². The lowest BCUT2D eigenvalue weighted by Crippen LogP contribution is -2.38. The van der Waals surface area contributed by atoms with E-state index in [4.69, 9.17) is 9.84 Å². The lowest BCUT2D eigenvalue weighted by molar-refractivity contribution is 0.240. The minimum atomic E-state index is -0.119. The van der Waals surface area contributed by atoms with Crippen molar-refractivity contribution < 1.29 is 9.53 Å². The van der Waals surface area contributed by atoms with Gasteiger partial charge in [0.15, 0.2) is 0 Å². The Hall–Kier alpha value is -2.50.